The van der Waals surface area contributed by atoms with Crippen LogP contribution in [0.4, 0.5) is 5.69 Å². The maximum Gasteiger partial charge on any atom is 0.235 e. The molecule has 3 aliphatic rings. The number of carbonyl (C=O) groups excluding carboxylic acids is 3. The lowest BCUT2D eigenvalue weighted by Gasteiger charge is -2.36. The van der Waals surface area contributed by atoms with E-state index in [4.69, 9.17) is 0 Å². The Morgan fingerprint density at radius 1 is 1.07 bits per heavy atom. The molecule has 0 N–H and O–H groups in total. The minimum atomic E-state index is -0.655. The number of unbranched alkanes of at least 4 members (excludes halogenated alkanes) is 1. The molecule has 0 unspecified atom stereocenters. The van der Waals surface area contributed by atoms with E-state index in [0.717, 1.165) is 24.1 Å². The van der Waals surface area contributed by atoms with Crippen LogP contribution in [0.25, 0.3) is 6.08 Å². The highest BCUT2D eigenvalue weighted by Crippen LogP contribution is 2.49. The molecule has 3 aliphatic heterocycles. The summed E-state index contributed by atoms with van der Waals surface area (Å²) in [6, 6.07) is 10.6. The molecule has 2 aromatic rings. The van der Waals surface area contributed by atoms with Gasteiger partial charge in [-0.15, -0.1) is 11.3 Å². The van der Waals surface area contributed by atoms with Crippen LogP contribution in [-0.4, -0.2) is 41.1 Å². The number of likely N-dealkylation sites (tertiary alicyclic amines) is 1. The van der Waals surface area contributed by atoms with E-state index >= 15 is 0 Å². The molecule has 0 spiro atoms. The summed E-state index contributed by atoms with van der Waals surface area (Å²) in [6.45, 7) is 2.48. The van der Waals surface area contributed by atoms with Crippen LogP contribution in [0, 0.1) is 11.8 Å². The Labute approximate surface area is 173 Å². The van der Waals surface area contributed by atoms with Crippen LogP contribution in [0.2, 0.25) is 0 Å². The SMILES string of the molecule is CCCCN1C(=O)[C@@H]2[C@H](C1=O)[C@H]1C=Cc3ccccc3N1[C@@H]2C(=O)c1cccs1. The fourth-order valence-electron chi connectivity index (χ4n) is 4.98. The first-order valence-corrected chi connectivity index (χ1v) is 11.0. The molecule has 29 heavy (non-hydrogen) atoms. The van der Waals surface area contributed by atoms with Gasteiger partial charge in [0.25, 0.3) is 0 Å². The quantitative estimate of drug-likeness (QED) is 0.562. The van der Waals surface area contributed by atoms with Gasteiger partial charge in [0.05, 0.1) is 22.8 Å². The molecule has 4 heterocycles. The average molecular weight is 407 g/mol. The zero-order valence-electron chi connectivity index (χ0n) is 16.2. The van der Waals surface area contributed by atoms with E-state index in [1.165, 1.54) is 16.2 Å². The molecule has 0 aliphatic carbocycles. The largest absolute Gasteiger partial charge is 0.352 e. The number of rotatable bonds is 5. The highest BCUT2D eigenvalue weighted by molar-refractivity contribution is 7.12. The van der Waals surface area contributed by atoms with Gasteiger partial charge in [-0.25, -0.2) is 0 Å². The minimum absolute atomic E-state index is 0.0684. The second kappa shape index (κ2) is 6.95. The molecule has 0 saturated carbocycles. The smallest absolute Gasteiger partial charge is 0.235 e. The molecule has 0 bridgehead atoms. The van der Waals surface area contributed by atoms with Crippen LogP contribution in [0.15, 0.2) is 47.9 Å². The van der Waals surface area contributed by atoms with Crippen molar-refractivity contribution in [1.82, 2.24) is 4.90 Å². The van der Waals surface area contributed by atoms with Crippen LogP contribution in [0.3, 0.4) is 0 Å². The number of para-hydroxylation sites is 1. The zero-order valence-corrected chi connectivity index (χ0v) is 17.0. The molecule has 2 fully saturated rings. The van der Waals surface area contributed by atoms with Crippen LogP contribution in [0.5, 0.6) is 0 Å². The zero-order chi connectivity index (χ0) is 20.1. The van der Waals surface area contributed by atoms with Crippen molar-refractivity contribution in [2.75, 3.05) is 11.4 Å². The van der Waals surface area contributed by atoms with Crippen LogP contribution in [0.1, 0.15) is 35.0 Å². The van der Waals surface area contributed by atoms with Crippen molar-refractivity contribution in [1.29, 1.82) is 0 Å². The lowest BCUT2D eigenvalue weighted by atomic mass is 9.87. The van der Waals surface area contributed by atoms with Gasteiger partial charge in [-0.3, -0.25) is 19.3 Å². The molecule has 1 aromatic carbocycles. The number of fused-ring (bicyclic) bond motifs is 5. The fourth-order valence-corrected chi connectivity index (χ4v) is 5.67. The van der Waals surface area contributed by atoms with Crippen LogP contribution >= 0.6 is 11.3 Å². The van der Waals surface area contributed by atoms with Gasteiger partial charge in [0, 0.05) is 12.2 Å². The number of ketones is 1. The van der Waals surface area contributed by atoms with Crippen molar-refractivity contribution in [3.8, 4) is 0 Å². The Morgan fingerprint density at radius 3 is 2.62 bits per heavy atom. The average Bonchev–Trinajstić information content (AvgIpc) is 3.44. The summed E-state index contributed by atoms with van der Waals surface area (Å²) in [6.07, 6.45) is 5.70. The van der Waals surface area contributed by atoms with E-state index in [1.54, 1.807) is 6.07 Å². The second-order valence-corrected chi connectivity index (χ2v) is 8.78. The topological polar surface area (TPSA) is 57.7 Å². The molecule has 4 atom stereocenters. The van der Waals surface area contributed by atoms with E-state index < -0.39 is 17.9 Å². The van der Waals surface area contributed by atoms with Gasteiger partial charge in [0.1, 0.15) is 6.04 Å². The van der Waals surface area contributed by atoms with Crippen LogP contribution in [-0.2, 0) is 9.59 Å². The number of hydrogen-bond donors (Lipinski definition) is 0. The van der Waals surface area contributed by atoms with Gasteiger partial charge in [0.2, 0.25) is 11.8 Å². The van der Waals surface area contributed by atoms with Gasteiger partial charge in [-0.2, -0.15) is 0 Å². The van der Waals surface area contributed by atoms with Crippen LogP contribution < -0.4 is 4.90 Å². The highest BCUT2D eigenvalue weighted by Gasteiger charge is 2.63. The number of thiophene rings is 1. The van der Waals surface area contributed by atoms with Gasteiger partial charge >= 0.3 is 0 Å². The Balaban J connectivity index is 1.62. The summed E-state index contributed by atoms with van der Waals surface area (Å²) in [7, 11) is 0. The number of hydrogen-bond acceptors (Lipinski definition) is 5. The molecule has 148 valence electrons. The Bertz CT molecular complexity index is 1010. The normalized spacial score (nSPS) is 27.2. The van der Waals surface area contributed by atoms with Crippen molar-refractivity contribution in [3.63, 3.8) is 0 Å². The van der Waals surface area contributed by atoms with Crippen molar-refractivity contribution in [3.05, 3.63) is 58.3 Å². The molecule has 5 nitrogen and oxygen atoms in total. The standard InChI is InChI=1S/C23H22N2O3S/c1-2-3-12-24-22(27)18-16-11-10-14-7-4-5-8-15(14)25(16)20(19(18)23(24)28)21(26)17-9-6-13-29-17/h4-11,13,16,18-20H,2-3,12H2,1H3/t16-,18-,19-,20+/m1/s1. The highest BCUT2D eigenvalue weighted by atomic mass is 32.1. The Hall–Kier alpha value is -2.73. The van der Waals surface area contributed by atoms with E-state index in [9.17, 15) is 14.4 Å². The number of amides is 2. The minimum Gasteiger partial charge on any atom is -0.352 e. The molecule has 1 aromatic heterocycles. The van der Waals surface area contributed by atoms with Crippen molar-refractivity contribution < 1.29 is 14.4 Å². The predicted octanol–water partition coefficient (Wildman–Crippen LogP) is 3.62. The van der Waals surface area contributed by atoms with E-state index in [2.05, 4.69) is 0 Å². The van der Waals surface area contributed by atoms with Gasteiger partial charge in [-0.1, -0.05) is 49.8 Å². The Morgan fingerprint density at radius 2 is 1.86 bits per heavy atom. The molecule has 2 saturated heterocycles. The molecular formula is C23H22N2O3S. The third-order valence-corrected chi connectivity index (χ3v) is 7.16. The fraction of sp³-hybridized carbons (Fsp3) is 0.348. The number of Topliss-reactive ketones (excluding diaryl/α,β-unsaturated/α-hetero) is 1. The van der Waals surface area contributed by atoms with Gasteiger partial charge in [-0.05, 0) is 29.5 Å². The third kappa shape index (κ3) is 2.62. The lowest BCUT2D eigenvalue weighted by molar-refractivity contribution is -0.140. The van der Waals surface area contributed by atoms with Crippen molar-refractivity contribution in [2.45, 2.75) is 31.8 Å². The summed E-state index contributed by atoms with van der Waals surface area (Å²) in [5.74, 6) is -1.52. The number of nitrogens with zero attached hydrogens (tertiary/aromatic N) is 2. The maximum absolute atomic E-state index is 13.6. The maximum atomic E-state index is 13.6. The number of benzene rings is 1. The first kappa shape index (κ1) is 18.3. The predicted molar refractivity (Wildman–Crippen MR) is 113 cm³/mol. The summed E-state index contributed by atoms with van der Waals surface area (Å²) in [4.78, 5) is 44.2. The first-order valence-electron chi connectivity index (χ1n) is 10.1. The number of anilines is 1. The lowest BCUT2D eigenvalue weighted by Crippen LogP contribution is -2.48. The van der Waals surface area contributed by atoms with Gasteiger partial charge in [0.15, 0.2) is 5.78 Å². The number of imide groups is 1. The molecule has 0 radical (unpaired) electrons. The molecule has 5 rings (SSSR count). The molecule has 2 amide bonds. The molecular weight excluding hydrogens is 384 g/mol. The van der Waals surface area contributed by atoms with Crippen molar-refractivity contribution in [2.24, 2.45) is 11.8 Å². The molecule has 6 heteroatoms. The van der Waals surface area contributed by atoms with E-state index in [1.807, 2.05) is 59.7 Å². The summed E-state index contributed by atoms with van der Waals surface area (Å²) >= 11 is 1.39. The summed E-state index contributed by atoms with van der Waals surface area (Å²) in [5.41, 5.74) is 1.93. The summed E-state index contributed by atoms with van der Waals surface area (Å²) in [5, 5.41) is 1.87. The Kier molecular flexibility index (Phi) is 4.39. The van der Waals surface area contributed by atoms with E-state index in [-0.39, 0.29) is 23.6 Å². The van der Waals surface area contributed by atoms with E-state index in [0.29, 0.717) is 11.4 Å². The second-order valence-electron chi connectivity index (χ2n) is 7.84. The van der Waals surface area contributed by atoms with Crippen molar-refractivity contribution >= 4 is 40.7 Å². The third-order valence-electron chi connectivity index (χ3n) is 6.27. The monoisotopic (exact) mass is 406 g/mol. The summed E-state index contributed by atoms with van der Waals surface area (Å²) < 4.78 is 0. The number of carbonyl (C=O) groups is 3. The van der Waals surface area contributed by atoms with Gasteiger partial charge < -0.3 is 4.90 Å². The first-order chi connectivity index (χ1) is 14.1.